The average molecular weight is 392 g/mol. The van der Waals surface area contributed by atoms with Gasteiger partial charge in [0.25, 0.3) is 0 Å². The van der Waals surface area contributed by atoms with Crippen molar-refractivity contribution in [3.8, 4) is 6.07 Å². The molecule has 0 amide bonds. The van der Waals surface area contributed by atoms with Gasteiger partial charge in [-0.15, -0.1) is 0 Å². The van der Waals surface area contributed by atoms with Crippen molar-refractivity contribution >= 4 is 0 Å². The molecule has 28 heavy (non-hydrogen) atoms. The second-order valence-electron chi connectivity index (χ2n) is 9.48. The molecule has 1 saturated heterocycles. The number of nitrogens with zero attached hydrogens (tertiary/aromatic N) is 1. The van der Waals surface area contributed by atoms with Gasteiger partial charge in [0.2, 0.25) is 0 Å². The molecule has 0 radical (unpaired) electrons. The number of hydrogen-bond donors (Lipinski definition) is 0. The van der Waals surface area contributed by atoms with Crippen molar-refractivity contribution in [2.75, 3.05) is 13.2 Å². The molecule has 0 bridgehead atoms. The summed E-state index contributed by atoms with van der Waals surface area (Å²) in [6.45, 7) is 6.09. The van der Waals surface area contributed by atoms with Crippen molar-refractivity contribution < 1.29 is 9.47 Å². The Bertz CT molecular complexity index is 428. The number of nitriles is 1. The Morgan fingerprint density at radius 2 is 1.25 bits per heavy atom. The average Bonchev–Trinajstić information content (AvgIpc) is 2.74. The van der Waals surface area contributed by atoms with E-state index in [1.165, 1.54) is 89.9 Å². The summed E-state index contributed by atoms with van der Waals surface area (Å²) in [7, 11) is 0. The lowest BCUT2D eigenvalue weighted by Crippen LogP contribution is -2.45. The lowest BCUT2D eigenvalue weighted by Gasteiger charge is -2.42. The van der Waals surface area contributed by atoms with Crippen LogP contribution in [0.15, 0.2) is 0 Å². The van der Waals surface area contributed by atoms with Gasteiger partial charge in [-0.25, -0.2) is 0 Å². The second-order valence-corrected chi connectivity index (χ2v) is 9.48. The lowest BCUT2D eigenvalue weighted by atomic mass is 9.69. The highest BCUT2D eigenvalue weighted by atomic mass is 16.7. The second kappa shape index (κ2) is 13.6. The molecule has 3 heteroatoms. The Hall–Kier alpha value is -0.590. The van der Waals surface area contributed by atoms with Crippen LogP contribution in [0.2, 0.25) is 0 Å². The van der Waals surface area contributed by atoms with E-state index in [1.807, 2.05) is 0 Å². The van der Waals surface area contributed by atoms with E-state index in [-0.39, 0.29) is 6.29 Å². The van der Waals surface area contributed by atoms with Crippen molar-refractivity contribution in [3.63, 3.8) is 0 Å². The SMILES string of the molecule is CCCCCCCC1CCC(C#N)(C2OCC(CCCCCCC)CO2)CC1. The highest BCUT2D eigenvalue weighted by Gasteiger charge is 2.45. The van der Waals surface area contributed by atoms with Crippen LogP contribution in [0, 0.1) is 28.6 Å². The molecule has 1 aliphatic heterocycles. The molecule has 0 atom stereocenters. The summed E-state index contributed by atoms with van der Waals surface area (Å²) in [5.74, 6) is 1.33. The predicted molar refractivity (Wildman–Crippen MR) is 116 cm³/mol. The molecule has 0 spiro atoms. The first-order valence-electron chi connectivity index (χ1n) is 12.4. The molecule has 1 aliphatic carbocycles. The van der Waals surface area contributed by atoms with Gasteiger partial charge in [0, 0.05) is 5.92 Å². The van der Waals surface area contributed by atoms with E-state index >= 15 is 0 Å². The molecular weight excluding hydrogens is 346 g/mol. The summed E-state index contributed by atoms with van der Waals surface area (Å²) in [5, 5.41) is 9.93. The number of unbranched alkanes of at least 4 members (excludes halogenated alkanes) is 8. The third kappa shape index (κ3) is 7.68. The van der Waals surface area contributed by atoms with Crippen LogP contribution >= 0.6 is 0 Å². The fraction of sp³-hybridized carbons (Fsp3) is 0.960. The Morgan fingerprint density at radius 1 is 0.750 bits per heavy atom. The summed E-state index contributed by atoms with van der Waals surface area (Å²) in [6.07, 6.45) is 19.9. The van der Waals surface area contributed by atoms with Crippen LogP contribution in [-0.2, 0) is 9.47 Å². The molecule has 1 saturated carbocycles. The lowest BCUT2D eigenvalue weighted by molar-refractivity contribution is -0.247. The minimum Gasteiger partial charge on any atom is -0.351 e. The zero-order chi connectivity index (χ0) is 20.1. The standard InChI is InChI=1S/C25H45NO2/c1-3-5-7-9-11-13-22-15-17-25(21-26,18-16-22)24-27-19-23(20-28-24)14-12-10-8-6-4-2/h22-24H,3-20H2,1-2H3. The predicted octanol–water partition coefficient (Wildman–Crippen LogP) is 7.40. The summed E-state index contributed by atoms with van der Waals surface area (Å²) in [6, 6.07) is 2.62. The minimum atomic E-state index is -0.398. The Morgan fingerprint density at radius 3 is 1.75 bits per heavy atom. The van der Waals surface area contributed by atoms with Crippen LogP contribution in [0.25, 0.3) is 0 Å². The Balaban J connectivity index is 1.65. The summed E-state index contributed by atoms with van der Waals surface area (Å²) in [5.41, 5.74) is -0.398. The van der Waals surface area contributed by atoms with Gasteiger partial charge in [-0.3, -0.25) is 0 Å². The molecule has 0 N–H and O–H groups in total. The van der Waals surface area contributed by atoms with Gasteiger partial charge in [-0.05, 0) is 38.0 Å². The van der Waals surface area contributed by atoms with Crippen LogP contribution < -0.4 is 0 Å². The molecule has 2 aliphatic rings. The molecule has 0 aromatic rings. The smallest absolute Gasteiger partial charge is 0.176 e. The maximum absolute atomic E-state index is 9.93. The summed E-state index contributed by atoms with van der Waals surface area (Å²) < 4.78 is 12.2. The molecule has 2 rings (SSSR count). The third-order valence-electron chi connectivity index (χ3n) is 7.07. The van der Waals surface area contributed by atoms with Crippen LogP contribution in [0.4, 0.5) is 0 Å². The van der Waals surface area contributed by atoms with Crippen molar-refractivity contribution in [1.29, 1.82) is 5.26 Å². The molecule has 0 unspecified atom stereocenters. The fourth-order valence-corrected chi connectivity index (χ4v) is 4.98. The van der Waals surface area contributed by atoms with Crippen molar-refractivity contribution in [2.24, 2.45) is 17.3 Å². The monoisotopic (exact) mass is 391 g/mol. The van der Waals surface area contributed by atoms with Crippen molar-refractivity contribution in [1.82, 2.24) is 0 Å². The van der Waals surface area contributed by atoms with Gasteiger partial charge in [-0.2, -0.15) is 5.26 Å². The molecule has 2 fully saturated rings. The topological polar surface area (TPSA) is 42.2 Å². The van der Waals surface area contributed by atoms with E-state index in [0.717, 1.165) is 32.0 Å². The van der Waals surface area contributed by atoms with Crippen LogP contribution in [0.3, 0.4) is 0 Å². The van der Waals surface area contributed by atoms with E-state index in [0.29, 0.717) is 5.92 Å². The number of ether oxygens (including phenoxy) is 2. The van der Waals surface area contributed by atoms with Crippen molar-refractivity contribution in [3.05, 3.63) is 0 Å². The fourth-order valence-electron chi connectivity index (χ4n) is 4.98. The Kier molecular flexibility index (Phi) is 11.5. The van der Waals surface area contributed by atoms with Gasteiger partial charge in [0.15, 0.2) is 6.29 Å². The van der Waals surface area contributed by atoms with E-state index in [9.17, 15) is 5.26 Å². The normalized spacial score (nSPS) is 30.8. The molecule has 0 aromatic carbocycles. The molecule has 3 nitrogen and oxygen atoms in total. The first-order valence-corrected chi connectivity index (χ1v) is 12.4. The Labute approximate surface area is 174 Å². The van der Waals surface area contributed by atoms with Gasteiger partial charge in [-0.1, -0.05) is 84.5 Å². The summed E-state index contributed by atoms with van der Waals surface area (Å²) >= 11 is 0. The van der Waals surface area contributed by atoms with E-state index in [2.05, 4.69) is 19.9 Å². The van der Waals surface area contributed by atoms with Gasteiger partial charge >= 0.3 is 0 Å². The third-order valence-corrected chi connectivity index (χ3v) is 7.07. The van der Waals surface area contributed by atoms with Crippen LogP contribution in [0.1, 0.15) is 117 Å². The van der Waals surface area contributed by atoms with E-state index < -0.39 is 5.41 Å². The van der Waals surface area contributed by atoms with Crippen molar-refractivity contribution in [2.45, 2.75) is 123 Å². The zero-order valence-corrected chi connectivity index (χ0v) is 18.7. The van der Waals surface area contributed by atoms with Gasteiger partial charge in [0.1, 0.15) is 5.41 Å². The number of hydrogen-bond acceptors (Lipinski definition) is 3. The van der Waals surface area contributed by atoms with E-state index in [4.69, 9.17) is 9.47 Å². The molecule has 162 valence electrons. The van der Waals surface area contributed by atoms with Crippen LogP contribution in [-0.4, -0.2) is 19.5 Å². The largest absolute Gasteiger partial charge is 0.351 e. The van der Waals surface area contributed by atoms with Gasteiger partial charge in [0.05, 0.1) is 19.3 Å². The first-order chi connectivity index (χ1) is 13.7. The zero-order valence-electron chi connectivity index (χ0n) is 18.7. The maximum Gasteiger partial charge on any atom is 0.176 e. The summed E-state index contributed by atoms with van der Waals surface area (Å²) in [4.78, 5) is 0. The highest BCUT2D eigenvalue weighted by Crippen LogP contribution is 2.45. The van der Waals surface area contributed by atoms with E-state index in [1.54, 1.807) is 0 Å². The maximum atomic E-state index is 9.93. The minimum absolute atomic E-state index is 0.292. The number of rotatable bonds is 13. The highest BCUT2D eigenvalue weighted by molar-refractivity contribution is 5.04. The molecular formula is C25H45NO2. The van der Waals surface area contributed by atoms with Gasteiger partial charge < -0.3 is 9.47 Å². The first kappa shape index (κ1) is 23.7. The van der Waals surface area contributed by atoms with Crippen LogP contribution in [0.5, 0.6) is 0 Å². The molecule has 0 aromatic heterocycles. The molecule has 1 heterocycles. The quantitative estimate of drug-likeness (QED) is 0.307.